The number of aliphatic carboxylic acids is 1. The van der Waals surface area contributed by atoms with Crippen molar-refractivity contribution in [3.63, 3.8) is 0 Å². The molecule has 3 atom stereocenters. The van der Waals surface area contributed by atoms with Gasteiger partial charge in [0.15, 0.2) is 0 Å². The first kappa shape index (κ1) is 45.1. The first-order valence-electron chi connectivity index (χ1n) is 19.9. The van der Waals surface area contributed by atoms with Gasteiger partial charge < -0.3 is 46.9 Å². The minimum Gasteiger partial charge on any atom is -0.492 e. The molecular weight excluding hydrogens is 777 g/mol. The summed E-state index contributed by atoms with van der Waals surface area (Å²) >= 11 is 0. The summed E-state index contributed by atoms with van der Waals surface area (Å²) in [6, 6.07) is 33.4. The standard InChI is InChI=1S/C47H52N6O8/c1-30(51-29-54)45(56)52-41(47(58)59)26-32-9-19-42(60-23-21-48)39(25-32)40-27-38(18-20-43(40)61-24-22-49)31(2)53(3)44(55)28-50-46(57)37-16-14-36(15-17-37)35-12-10-34(11-13-35)33-7-5-4-6-8-33/h4-20,25,27,29-31,41H,21-24,26,28,48-49H2,1-3H3,(H,50,57)(H,51,54)(H,52,56)(H,58,59)/t30-,31?,41?/m0/s1. The fourth-order valence-electron chi connectivity index (χ4n) is 6.55. The largest absolute Gasteiger partial charge is 0.492 e. The molecule has 5 rings (SSSR count). The predicted molar refractivity (Wildman–Crippen MR) is 234 cm³/mol. The van der Waals surface area contributed by atoms with Crippen molar-refractivity contribution < 1.29 is 38.6 Å². The van der Waals surface area contributed by atoms with Crippen molar-refractivity contribution in [3.8, 4) is 44.9 Å². The number of nitrogens with zero attached hydrogens (tertiary/aromatic N) is 1. The molecule has 0 aliphatic heterocycles. The van der Waals surface area contributed by atoms with Crippen LogP contribution in [-0.2, 0) is 25.6 Å². The number of hydrogen-bond acceptors (Lipinski definition) is 9. The zero-order valence-electron chi connectivity index (χ0n) is 34.4. The second-order valence-corrected chi connectivity index (χ2v) is 14.4. The van der Waals surface area contributed by atoms with Gasteiger partial charge in [-0.25, -0.2) is 4.79 Å². The van der Waals surface area contributed by atoms with Gasteiger partial charge in [-0.3, -0.25) is 19.2 Å². The maximum absolute atomic E-state index is 13.5. The highest BCUT2D eigenvalue weighted by molar-refractivity contribution is 5.97. The Bertz CT molecular complexity index is 2290. The summed E-state index contributed by atoms with van der Waals surface area (Å²) in [6.45, 7) is 3.91. The van der Waals surface area contributed by atoms with E-state index in [9.17, 15) is 29.1 Å². The van der Waals surface area contributed by atoms with Gasteiger partial charge in [0.05, 0.1) is 12.6 Å². The van der Waals surface area contributed by atoms with Gasteiger partial charge in [-0.1, -0.05) is 78.9 Å². The van der Waals surface area contributed by atoms with Gasteiger partial charge in [0.2, 0.25) is 18.2 Å². The van der Waals surface area contributed by atoms with E-state index in [4.69, 9.17) is 20.9 Å². The zero-order chi connectivity index (χ0) is 43.9. The van der Waals surface area contributed by atoms with Gasteiger partial charge in [-0.2, -0.15) is 0 Å². The molecule has 61 heavy (non-hydrogen) atoms. The van der Waals surface area contributed by atoms with Crippen LogP contribution in [0.1, 0.15) is 41.4 Å². The summed E-state index contributed by atoms with van der Waals surface area (Å²) in [5.74, 6) is -1.72. The van der Waals surface area contributed by atoms with E-state index in [0.29, 0.717) is 40.2 Å². The van der Waals surface area contributed by atoms with Crippen LogP contribution in [0, 0.1) is 0 Å². The summed E-state index contributed by atoms with van der Waals surface area (Å²) in [7, 11) is 1.65. The van der Waals surface area contributed by atoms with Crippen molar-refractivity contribution >= 4 is 30.1 Å². The molecule has 5 aromatic carbocycles. The lowest BCUT2D eigenvalue weighted by Gasteiger charge is -2.27. The van der Waals surface area contributed by atoms with Gasteiger partial charge in [-0.05, 0) is 83.6 Å². The van der Waals surface area contributed by atoms with Crippen molar-refractivity contribution in [1.29, 1.82) is 0 Å². The Morgan fingerprint density at radius 3 is 1.84 bits per heavy atom. The molecule has 0 aliphatic carbocycles. The molecule has 0 radical (unpaired) electrons. The molecule has 2 unspecified atom stereocenters. The molecule has 0 heterocycles. The number of nitrogens with two attached hydrogens (primary N) is 2. The average Bonchev–Trinajstić information content (AvgIpc) is 3.29. The van der Waals surface area contributed by atoms with E-state index in [2.05, 4.69) is 40.2 Å². The molecule has 0 spiro atoms. The van der Waals surface area contributed by atoms with Crippen LogP contribution in [0.3, 0.4) is 0 Å². The number of amides is 4. The minimum absolute atomic E-state index is 0.0930. The van der Waals surface area contributed by atoms with Crippen molar-refractivity contribution in [2.45, 2.75) is 38.4 Å². The lowest BCUT2D eigenvalue weighted by atomic mass is 9.94. The molecule has 0 saturated heterocycles. The number of carboxylic acids is 1. The van der Waals surface area contributed by atoms with E-state index in [1.807, 2.05) is 61.5 Å². The lowest BCUT2D eigenvalue weighted by Crippen LogP contribution is -2.49. The maximum Gasteiger partial charge on any atom is 0.326 e. The number of nitrogens with one attached hydrogen (secondary N) is 3. The van der Waals surface area contributed by atoms with Gasteiger partial charge >= 0.3 is 5.97 Å². The normalized spacial score (nSPS) is 12.3. The summed E-state index contributed by atoms with van der Waals surface area (Å²) < 4.78 is 12.1. The van der Waals surface area contributed by atoms with Gasteiger partial charge in [-0.15, -0.1) is 0 Å². The molecule has 0 fully saturated rings. The number of carbonyl (C=O) groups is 5. The van der Waals surface area contributed by atoms with Crippen LogP contribution in [0.2, 0.25) is 0 Å². The second kappa shape index (κ2) is 21.8. The van der Waals surface area contributed by atoms with Crippen molar-refractivity contribution in [1.82, 2.24) is 20.9 Å². The van der Waals surface area contributed by atoms with Gasteiger partial charge in [0, 0.05) is 43.2 Å². The molecule has 0 aromatic heterocycles. The van der Waals surface area contributed by atoms with E-state index < -0.39 is 30.0 Å². The van der Waals surface area contributed by atoms with Crippen molar-refractivity contribution in [3.05, 3.63) is 132 Å². The van der Waals surface area contributed by atoms with Crippen LogP contribution < -0.4 is 36.9 Å². The third-order valence-electron chi connectivity index (χ3n) is 10.2. The van der Waals surface area contributed by atoms with Crippen LogP contribution in [0.5, 0.6) is 11.5 Å². The van der Waals surface area contributed by atoms with Crippen LogP contribution in [0.25, 0.3) is 33.4 Å². The van der Waals surface area contributed by atoms with Crippen LogP contribution in [-0.4, -0.2) is 92.1 Å². The van der Waals surface area contributed by atoms with E-state index in [0.717, 1.165) is 27.8 Å². The number of carboxylic acid groups (broad SMARTS) is 1. The van der Waals surface area contributed by atoms with E-state index in [1.54, 1.807) is 43.4 Å². The van der Waals surface area contributed by atoms with E-state index >= 15 is 0 Å². The molecular formula is C47H52N6O8. The van der Waals surface area contributed by atoms with E-state index in [-0.39, 0.29) is 51.1 Å². The Kier molecular flexibility index (Phi) is 16.1. The van der Waals surface area contributed by atoms with Gasteiger partial charge in [0.25, 0.3) is 5.91 Å². The highest BCUT2D eigenvalue weighted by Crippen LogP contribution is 2.40. The average molecular weight is 829 g/mol. The topological polar surface area (TPSA) is 215 Å². The quantitative estimate of drug-likeness (QED) is 0.0568. The first-order chi connectivity index (χ1) is 29.4. The molecule has 8 N–H and O–H groups in total. The molecule has 0 saturated carbocycles. The monoisotopic (exact) mass is 828 g/mol. The van der Waals surface area contributed by atoms with E-state index in [1.165, 1.54) is 11.8 Å². The smallest absolute Gasteiger partial charge is 0.326 e. The summed E-state index contributed by atoms with van der Waals surface area (Å²) in [5.41, 5.74) is 18.6. The third-order valence-corrected chi connectivity index (χ3v) is 10.2. The maximum atomic E-state index is 13.5. The molecule has 14 heteroatoms. The Morgan fingerprint density at radius 2 is 1.28 bits per heavy atom. The Balaban J connectivity index is 1.31. The molecule has 318 valence electrons. The zero-order valence-corrected chi connectivity index (χ0v) is 34.4. The lowest BCUT2D eigenvalue weighted by molar-refractivity contribution is -0.142. The number of hydrogen-bond donors (Lipinski definition) is 6. The Hall–Kier alpha value is -7.03. The highest BCUT2D eigenvalue weighted by atomic mass is 16.5. The summed E-state index contributed by atoms with van der Waals surface area (Å²) in [4.78, 5) is 63.8. The number of rotatable bonds is 21. The SMILES string of the molecule is CC(c1ccc(OCCN)c(-c2cc(CC(NC(=O)[C@H](C)NC=O)C(=O)O)ccc2OCCN)c1)N(C)C(=O)CNC(=O)c1ccc(-c2ccc(-c3ccccc3)cc2)cc1. The molecule has 0 bridgehead atoms. The molecule has 0 aliphatic rings. The fraction of sp³-hybridized carbons (Fsp3) is 0.255. The summed E-state index contributed by atoms with van der Waals surface area (Å²) in [6.07, 6.45) is 0.273. The fourth-order valence-corrected chi connectivity index (χ4v) is 6.55. The molecule has 14 nitrogen and oxygen atoms in total. The second-order valence-electron chi connectivity index (χ2n) is 14.4. The van der Waals surface area contributed by atoms with Crippen molar-refractivity contribution in [2.75, 3.05) is 39.9 Å². The van der Waals surface area contributed by atoms with Crippen LogP contribution >= 0.6 is 0 Å². The number of likely N-dealkylation sites (N-methyl/N-ethyl adjacent to an activating group) is 1. The third kappa shape index (κ3) is 12.0. The Labute approximate surface area is 355 Å². The summed E-state index contributed by atoms with van der Waals surface area (Å²) in [5, 5.41) is 17.5. The molecule has 4 amide bonds. The Morgan fingerprint density at radius 1 is 0.738 bits per heavy atom. The van der Waals surface area contributed by atoms with Crippen LogP contribution in [0.15, 0.2) is 115 Å². The predicted octanol–water partition coefficient (Wildman–Crippen LogP) is 4.56. The molecule has 5 aromatic rings. The number of benzene rings is 5. The highest BCUT2D eigenvalue weighted by Gasteiger charge is 2.25. The number of ether oxygens (including phenoxy) is 2. The number of carbonyl (C=O) groups excluding carboxylic acids is 4. The van der Waals surface area contributed by atoms with Crippen LogP contribution in [0.4, 0.5) is 0 Å². The van der Waals surface area contributed by atoms with Crippen molar-refractivity contribution in [2.24, 2.45) is 11.5 Å². The first-order valence-corrected chi connectivity index (χ1v) is 19.9. The van der Waals surface area contributed by atoms with Gasteiger partial charge in [0.1, 0.15) is 36.8 Å². The minimum atomic E-state index is -1.31.